The highest BCUT2D eigenvalue weighted by atomic mass is 16.7. The summed E-state index contributed by atoms with van der Waals surface area (Å²) in [6.45, 7) is 1.84. The molecule has 4 rings (SSSR count). The van der Waals surface area contributed by atoms with E-state index in [1.807, 2.05) is 41.3 Å². The fraction of sp³-hybridized carbons (Fsp3) is 0.364. The lowest BCUT2D eigenvalue weighted by atomic mass is 10.1. The number of aryl methyl sites for hydroxylation is 1. The Morgan fingerprint density at radius 1 is 1.07 bits per heavy atom. The van der Waals surface area contributed by atoms with E-state index in [4.69, 9.17) is 9.47 Å². The first-order valence-corrected chi connectivity index (χ1v) is 9.67. The number of benzene rings is 2. The summed E-state index contributed by atoms with van der Waals surface area (Å²) in [5.41, 5.74) is 2.22. The largest absolute Gasteiger partial charge is 0.454 e. The molecule has 2 aromatic rings. The Morgan fingerprint density at radius 3 is 2.75 bits per heavy atom. The van der Waals surface area contributed by atoms with E-state index in [0.29, 0.717) is 25.4 Å². The first kappa shape index (κ1) is 18.3. The van der Waals surface area contributed by atoms with Gasteiger partial charge in [0, 0.05) is 26.1 Å². The van der Waals surface area contributed by atoms with Crippen LogP contribution >= 0.6 is 0 Å². The Hall–Kier alpha value is -3.02. The number of nitrogens with zero attached hydrogens (tertiary/aromatic N) is 1. The van der Waals surface area contributed by atoms with Gasteiger partial charge in [0.25, 0.3) is 0 Å². The average molecular weight is 380 g/mol. The van der Waals surface area contributed by atoms with Gasteiger partial charge >= 0.3 is 0 Å². The molecule has 1 saturated heterocycles. The Morgan fingerprint density at radius 2 is 1.89 bits per heavy atom. The molecule has 0 aliphatic carbocycles. The second-order valence-corrected chi connectivity index (χ2v) is 7.24. The number of carbonyl (C=O) groups is 2. The van der Waals surface area contributed by atoms with Crippen molar-refractivity contribution in [2.24, 2.45) is 5.92 Å². The Balaban J connectivity index is 1.23. The minimum atomic E-state index is -0.279. The van der Waals surface area contributed by atoms with Gasteiger partial charge in [0.1, 0.15) is 0 Å². The number of fused-ring (bicyclic) bond motifs is 1. The summed E-state index contributed by atoms with van der Waals surface area (Å²) in [7, 11) is 0. The van der Waals surface area contributed by atoms with E-state index in [1.54, 1.807) is 0 Å². The van der Waals surface area contributed by atoms with Crippen molar-refractivity contribution >= 4 is 11.8 Å². The van der Waals surface area contributed by atoms with E-state index in [2.05, 4.69) is 17.4 Å². The second kappa shape index (κ2) is 8.33. The summed E-state index contributed by atoms with van der Waals surface area (Å²) in [4.78, 5) is 26.6. The summed E-state index contributed by atoms with van der Waals surface area (Å²) in [5, 5.41) is 2.94. The third-order valence-electron chi connectivity index (χ3n) is 5.23. The number of hydrogen-bond acceptors (Lipinski definition) is 4. The lowest BCUT2D eigenvalue weighted by Gasteiger charge is -2.16. The predicted molar refractivity (Wildman–Crippen MR) is 104 cm³/mol. The Bertz CT molecular complexity index is 853. The van der Waals surface area contributed by atoms with Gasteiger partial charge in [-0.15, -0.1) is 0 Å². The number of likely N-dealkylation sites (tertiary alicyclic amines) is 1. The molecule has 0 radical (unpaired) electrons. The van der Waals surface area contributed by atoms with Crippen LogP contribution in [-0.4, -0.2) is 36.6 Å². The molecule has 0 bridgehead atoms. The molecule has 1 unspecified atom stereocenters. The van der Waals surface area contributed by atoms with Gasteiger partial charge in [-0.25, -0.2) is 0 Å². The van der Waals surface area contributed by atoms with Gasteiger partial charge in [-0.1, -0.05) is 36.4 Å². The Kier molecular flexibility index (Phi) is 5.46. The summed E-state index contributed by atoms with van der Waals surface area (Å²) in [6.07, 6.45) is 2.13. The lowest BCUT2D eigenvalue weighted by Crippen LogP contribution is -2.33. The van der Waals surface area contributed by atoms with E-state index >= 15 is 0 Å². The van der Waals surface area contributed by atoms with Crippen LogP contribution in [0.15, 0.2) is 48.5 Å². The third-order valence-corrected chi connectivity index (χ3v) is 5.23. The van der Waals surface area contributed by atoms with E-state index in [1.165, 1.54) is 5.56 Å². The van der Waals surface area contributed by atoms with Crippen molar-refractivity contribution in [1.82, 2.24) is 10.2 Å². The zero-order chi connectivity index (χ0) is 19.3. The standard InChI is InChI=1S/C22H24N2O4/c25-21-12-18(14-24(21)10-4-7-16-5-2-1-3-6-16)22(26)23-13-17-8-9-19-20(11-17)28-15-27-19/h1-3,5-6,8-9,11,18H,4,7,10,12-15H2,(H,23,26). The molecule has 6 nitrogen and oxygen atoms in total. The molecule has 2 aliphatic heterocycles. The van der Waals surface area contributed by atoms with Crippen LogP contribution in [0.25, 0.3) is 0 Å². The fourth-order valence-corrected chi connectivity index (χ4v) is 3.67. The number of rotatable bonds is 7. The number of amides is 2. The van der Waals surface area contributed by atoms with Crippen LogP contribution in [-0.2, 0) is 22.6 Å². The third kappa shape index (κ3) is 4.27. The maximum Gasteiger partial charge on any atom is 0.231 e. The van der Waals surface area contributed by atoms with Gasteiger partial charge in [0.2, 0.25) is 18.6 Å². The number of hydrogen-bond donors (Lipinski definition) is 1. The molecule has 2 amide bonds. The van der Waals surface area contributed by atoms with Crippen molar-refractivity contribution in [3.05, 3.63) is 59.7 Å². The highest BCUT2D eigenvalue weighted by molar-refractivity contribution is 5.89. The molecular formula is C22H24N2O4. The van der Waals surface area contributed by atoms with Crippen LogP contribution < -0.4 is 14.8 Å². The highest BCUT2D eigenvalue weighted by Gasteiger charge is 2.33. The van der Waals surface area contributed by atoms with Crippen LogP contribution in [0.1, 0.15) is 24.0 Å². The topological polar surface area (TPSA) is 67.9 Å². The molecule has 0 aromatic heterocycles. The minimum Gasteiger partial charge on any atom is -0.454 e. The van der Waals surface area contributed by atoms with E-state index in [9.17, 15) is 9.59 Å². The molecule has 2 heterocycles. The molecule has 1 atom stereocenters. The van der Waals surface area contributed by atoms with Crippen LogP contribution in [0.4, 0.5) is 0 Å². The fourth-order valence-electron chi connectivity index (χ4n) is 3.67. The van der Waals surface area contributed by atoms with Crippen LogP contribution in [0.3, 0.4) is 0 Å². The van der Waals surface area contributed by atoms with Crippen molar-refractivity contribution in [3.63, 3.8) is 0 Å². The monoisotopic (exact) mass is 380 g/mol. The SMILES string of the molecule is O=C(NCc1ccc2c(c1)OCO2)C1CC(=O)N(CCCc2ccccc2)C1. The highest BCUT2D eigenvalue weighted by Crippen LogP contribution is 2.32. The number of carbonyl (C=O) groups excluding carboxylic acids is 2. The molecule has 146 valence electrons. The predicted octanol–water partition coefficient (Wildman–Crippen LogP) is 2.51. The molecule has 1 fully saturated rings. The quantitative estimate of drug-likeness (QED) is 0.802. The van der Waals surface area contributed by atoms with Crippen LogP contribution in [0.5, 0.6) is 11.5 Å². The average Bonchev–Trinajstić information content (AvgIpc) is 3.33. The molecule has 2 aliphatic rings. The minimum absolute atomic E-state index is 0.0660. The normalized spacial score (nSPS) is 17.8. The molecule has 0 spiro atoms. The first-order valence-electron chi connectivity index (χ1n) is 9.67. The molecule has 2 aromatic carbocycles. The molecule has 0 saturated carbocycles. The number of nitrogens with one attached hydrogen (secondary N) is 1. The zero-order valence-electron chi connectivity index (χ0n) is 15.7. The van der Waals surface area contributed by atoms with Gasteiger partial charge < -0.3 is 19.7 Å². The first-order chi connectivity index (χ1) is 13.7. The van der Waals surface area contributed by atoms with Gasteiger partial charge in [-0.2, -0.15) is 0 Å². The van der Waals surface area contributed by atoms with Crippen molar-refractivity contribution in [2.45, 2.75) is 25.8 Å². The van der Waals surface area contributed by atoms with E-state index in [0.717, 1.165) is 24.2 Å². The van der Waals surface area contributed by atoms with Crippen LogP contribution in [0, 0.1) is 5.92 Å². The lowest BCUT2D eigenvalue weighted by molar-refractivity contribution is -0.129. The second-order valence-electron chi connectivity index (χ2n) is 7.24. The summed E-state index contributed by atoms with van der Waals surface area (Å²) >= 11 is 0. The van der Waals surface area contributed by atoms with E-state index < -0.39 is 0 Å². The smallest absolute Gasteiger partial charge is 0.231 e. The van der Waals surface area contributed by atoms with Crippen LogP contribution in [0.2, 0.25) is 0 Å². The van der Waals surface area contributed by atoms with Gasteiger partial charge in [0.15, 0.2) is 11.5 Å². The zero-order valence-corrected chi connectivity index (χ0v) is 15.7. The Labute approximate surface area is 164 Å². The van der Waals surface area contributed by atoms with E-state index in [-0.39, 0.29) is 30.9 Å². The molecule has 6 heteroatoms. The summed E-state index contributed by atoms with van der Waals surface area (Å²) < 4.78 is 10.6. The maximum absolute atomic E-state index is 12.5. The van der Waals surface area contributed by atoms with Crippen molar-refractivity contribution < 1.29 is 19.1 Å². The van der Waals surface area contributed by atoms with Gasteiger partial charge in [-0.05, 0) is 36.1 Å². The summed E-state index contributed by atoms with van der Waals surface area (Å²) in [5.74, 6) is 1.14. The molecule has 1 N–H and O–H groups in total. The summed E-state index contributed by atoms with van der Waals surface area (Å²) in [6, 6.07) is 15.9. The van der Waals surface area contributed by atoms with Crippen molar-refractivity contribution in [3.8, 4) is 11.5 Å². The maximum atomic E-state index is 12.5. The molecule has 28 heavy (non-hydrogen) atoms. The van der Waals surface area contributed by atoms with Crippen molar-refractivity contribution in [1.29, 1.82) is 0 Å². The van der Waals surface area contributed by atoms with Crippen molar-refractivity contribution in [2.75, 3.05) is 19.9 Å². The number of ether oxygens (including phenoxy) is 2. The molecular weight excluding hydrogens is 356 g/mol. The van der Waals surface area contributed by atoms with Gasteiger partial charge in [0.05, 0.1) is 5.92 Å². The van der Waals surface area contributed by atoms with Gasteiger partial charge in [-0.3, -0.25) is 9.59 Å².